The molecule has 0 amide bonds. The standard InChI is InChI=1S/C17H18O3/c1-2-20-17-12-13(9-11-16(17)19)8-10-15(18)14-6-4-3-5-7-14/h3-7,9,11-12,19H,2,8,10H2,1H3. The Labute approximate surface area is 118 Å². The lowest BCUT2D eigenvalue weighted by atomic mass is 10.0. The number of aromatic hydroxyl groups is 1. The molecular weight excluding hydrogens is 252 g/mol. The predicted octanol–water partition coefficient (Wildman–Crippen LogP) is 3.61. The summed E-state index contributed by atoms with van der Waals surface area (Å²) in [5, 5.41) is 9.63. The molecule has 0 fully saturated rings. The number of ether oxygens (including phenoxy) is 1. The van der Waals surface area contributed by atoms with Crippen LogP contribution in [-0.4, -0.2) is 17.5 Å². The molecule has 0 aliphatic carbocycles. The first-order valence-corrected chi connectivity index (χ1v) is 6.73. The Bertz CT molecular complexity index is 576. The zero-order valence-electron chi connectivity index (χ0n) is 11.5. The summed E-state index contributed by atoms with van der Waals surface area (Å²) in [5.41, 5.74) is 1.71. The van der Waals surface area contributed by atoms with E-state index < -0.39 is 0 Å². The number of carbonyl (C=O) groups excluding carboxylic acids is 1. The van der Waals surface area contributed by atoms with Crippen LogP contribution < -0.4 is 4.74 Å². The van der Waals surface area contributed by atoms with E-state index in [4.69, 9.17) is 4.74 Å². The summed E-state index contributed by atoms with van der Waals surface area (Å²) in [5.74, 6) is 0.721. The van der Waals surface area contributed by atoms with Crippen LogP contribution in [0.25, 0.3) is 0 Å². The van der Waals surface area contributed by atoms with Crippen LogP contribution >= 0.6 is 0 Å². The van der Waals surface area contributed by atoms with Crippen LogP contribution in [0.1, 0.15) is 29.3 Å². The van der Waals surface area contributed by atoms with Gasteiger partial charge in [0.1, 0.15) is 0 Å². The van der Waals surface area contributed by atoms with E-state index in [1.807, 2.05) is 43.3 Å². The molecule has 3 nitrogen and oxygen atoms in total. The molecule has 104 valence electrons. The largest absolute Gasteiger partial charge is 0.504 e. The zero-order valence-corrected chi connectivity index (χ0v) is 11.5. The van der Waals surface area contributed by atoms with Crippen LogP contribution in [0.15, 0.2) is 48.5 Å². The molecule has 0 bridgehead atoms. The lowest BCUT2D eigenvalue weighted by Crippen LogP contribution is -2.01. The molecule has 1 N–H and O–H groups in total. The van der Waals surface area contributed by atoms with E-state index in [1.165, 1.54) is 0 Å². The first-order valence-electron chi connectivity index (χ1n) is 6.73. The second kappa shape index (κ2) is 6.75. The Morgan fingerprint density at radius 3 is 2.60 bits per heavy atom. The number of aryl methyl sites for hydroxylation is 1. The topological polar surface area (TPSA) is 46.5 Å². The maximum Gasteiger partial charge on any atom is 0.163 e. The minimum atomic E-state index is 0.122. The second-order valence-electron chi connectivity index (χ2n) is 4.52. The SMILES string of the molecule is CCOc1cc(CCC(=O)c2ccccc2)ccc1O. The highest BCUT2D eigenvalue weighted by Crippen LogP contribution is 2.27. The summed E-state index contributed by atoms with van der Waals surface area (Å²) in [7, 11) is 0. The summed E-state index contributed by atoms with van der Waals surface area (Å²) >= 11 is 0. The summed E-state index contributed by atoms with van der Waals surface area (Å²) in [6, 6.07) is 14.5. The molecule has 0 aliphatic heterocycles. The van der Waals surface area contributed by atoms with Crippen LogP contribution in [0.5, 0.6) is 11.5 Å². The average Bonchev–Trinajstić information content (AvgIpc) is 2.49. The van der Waals surface area contributed by atoms with Crippen molar-refractivity contribution in [2.24, 2.45) is 0 Å². The first kappa shape index (κ1) is 14.1. The van der Waals surface area contributed by atoms with E-state index in [1.54, 1.807) is 12.1 Å². The van der Waals surface area contributed by atoms with Gasteiger partial charge in [-0.25, -0.2) is 0 Å². The van der Waals surface area contributed by atoms with Crippen molar-refractivity contribution < 1.29 is 14.6 Å². The monoisotopic (exact) mass is 270 g/mol. The van der Waals surface area contributed by atoms with Crippen LogP contribution in [0.4, 0.5) is 0 Å². The minimum absolute atomic E-state index is 0.122. The van der Waals surface area contributed by atoms with E-state index in [9.17, 15) is 9.90 Å². The number of carbonyl (C=O) groups is 1. The molecule has 3 heteroatoms. The number of rotatable bonds is 6. The number of ketones is 1. The molecule has 2 aromatic rings. The number of hydrogen-bond acceptors (Lipinski definition) is 3. The van der Waals surface area contributed by atoms with Crippen LogP contribution in [0.3, 0.4) is 0 Å². The molecular formula is C17H18O3. The molecule has 0 atom stereocenters. The Morgan fingerprint density at radius 1 is 1.15 bits per heavy atom. The van der Waals surface area contributed by atoms with E-state index >= 15 is 0 Å². The van der Waals surface area contributed by atoms with E-state index in [-0.39, 0.29) is 11.5 Å². The normalized spacial score (nSPS) is 10.2. The molecule has 0 unspecified atom stereocenters. The molecule has 2 rings (SSSR count). The van der Waals surface area contributed by atoms with Gasteiger partial charge in [-0.3, -0.25) is 4.79 Å². The number of Topliss-reactive ketones (excluding diaryl/α,β-unsaturated/α-hetero) is 1. The van der Waals surface area contributed by atoms with Gasteiger partial charge in [0.2, 0.25) is 0 Å². The van der Waals surface area contributed by atoms with Crippen molar-refractivity contribution in [3.63, 3.8) is 0 Å². The van der Waals surface area contributed by atoms with Gasteiger partial charge in [-0.1, -0.05) is 36.4 Å². The fourth-order valence-electron chi connectivity index (χ4n) is 2.01. The highest BCUT2D eigenvalue weighted by atomic mass is 16.5. The Morgan fingerprint density at radius 2 is 1.90 bits per heavy atom. The van der Waals surface area contributed by atoms with Crippen molar-refractivity contribution in [2.45, 2.75) is 19.8 Å². The molecule has 0 aromatic heterocycles. The highest BCUT2D eigenvalue weighted by Gasteiger charge is 2.08. The van der Waals surface area contributed by atoms with Crippen molar-refractivity contribution in [3.05, 3.63) is 59.7 Å². The molecule has 0 saturated heterocycles. The van der Waals surface area contributed by atoms with Gasteiger partial charge in [-0.05, 0) is 31.0 Å². The molecule has 0 spiro atoms. The van der Waals surface area contributed by atoms with Gasteiger partial charge < -0.3 is 9.84 Å². The maximum atomic E-state index is 12.0. The second-order valence-corrected chi connectivity index (χ2v) is 4.52. The number of hydrogen-bond donors (Lipinski definition) is 1. The van der Waals surface area contributed by atoms with Crippen molar-refractivity contribution in [1.82, 2.24) is 0 Å². The minimum Gasteiger partial charge on any atom is -0.504 e. The fourth-order valence-corrected chi connectivity index (χ4v) is 2.01. The van der Waals surface area contributed by atoms with Crippen LogP contribution in [0, 0.1) is 0 Å². The van der Waals surface area contributed by atoms with Gasteiger partial charge in [0.25, 0.3) is 0 Å². The van der Waals surface area contributed by atoms with Gasteiger partial charge in [-0.15, -0.1) is 0 Å². The Balaban J connectivity index is 2.00. The molecule has 0 saturated carbocycles. The van der Waals surface area contributed by atoms with Gasteiger partial charge in [0, 0.05) is 12.0 Å². The number of benzene rings is 2. The highest BCUT2D eigenvalue weighted by molar-refractivity contribution is 5.96. The predicted molar refractivity (Wildman–Crippen MR) is 78.4 cm³/mol. The van der Waals surface area contributed by atoms with Gasteiger partial charge in [-0.2, -0.15) is 0 Å². The van der Waals surface area contributed by atoms with Crippen molar-refractivity contribution in [3.8, 4) is 11.5 Å². The lowest BCUT2D eigenvalue weighted by molar-refractivity contribution is 0.0983. The summed E-state index contributed by atoms with van der Waals surface area (Å²) in [6.45, 7) is 2.37. The third kappa shape index (κ3) is 3.60. The van der Waals surface area contributed by atoms with Crippen molar-refractivity contribution in [1.29, 1.82) is 0 Å². The third-order valence-electron chi connectivity index (χ3n) is 3.06. The Kier molecular flexibility index (Phi) is 4.77. The quantitative estimate of drug-likeness (QED) is 0.816. The van der Waals surface area contributed by atoms with Gasteiger partial charge in [0.15, 0.2) is 17.3 Å². The van der Waals surface area contributed by atoms with Crippen LogP contribution in [0.2, 0.25) is 0 Å². The Hall–Kier alpha value is -2.29. The smallest absolute Gasteiger partial charge is 0.163 e. The lowest BCUT2D eigenvalue weighted by Gasteiger charge is -2.08. The fraction of sp³-hybridized carbons (Fsp3) is 0.235. The first-order chi connectivity index (χ1) is 9.70. The average molecular weight is 270 g/mol. The van der Waals surface area contributed by atoms with Crippen LogP contribution in [-0.2, 0) is 6.42 Å². The number of phenolic OH excluding ortho intramolecular Hbond substituents is 1. The molecule has 20 heavy (non-hydrogen) atoms. The van der Waals surface area contributed by atoms with Crippen molar-refractivity contribution >= 4 is 5.78 Å². The maximum absolute atomic E-state index is 12.0. The number of phenols is 1. The molecule has 0 radical (unpaired) electrons. The molecule has 2 aromatic carbocycles. The molecule has 0 aliphatic rings. The van der Waals surface area contributed by atoms with E-state index in [0.29, 0.717) is 25.2 Å². The van der Waals surface area contributed by atoms with Crippen molar-refractivity contribution in [2.75, 3.05) is 6.61 Å². The summed E-state index contributed by atoms with van der Waals surface area (Å²) in [4.78, 5) is 12.0. The van der Waals surface area contributed by atoms with Gasteiger partial charge >= 0.3 is 0 Å². The summed E-state index contributed by atoms with van der Waals surface area (Å²) < 4.78 is 5.33. The van der Waals surface area contributed by atoms with E-state index in [0.717, 1.165) is 11.1 Å². The van der Waals surface area contributed by atoms with E-state index in [2.05, 4.69) is 0 Å². The zero-order chi connectivity index (χ0) is 14.4. The summed E-state index contributed by atoms with van der Waals surface area (Å²) in [6.07, 6.45) is 1.08. The third-order valence-corrected chi connectivity index (χ3v) is 3.06. The molecule has 0 heterocycles. The van der Waals surface area contributed by atoms with Gasteiger partial charge in [0.05, 0.1) is 6.61 Å².